The second-order valence-corrected chi connectivity index (χ2v) is 15.4. The summed E-state index contributed by atoms with van der Waals surface area (Å²) in [4.78, 5) is 16.1. The fourth-order valence-electron chi connectivity index (χ4n) is 5.91. The number of carbonyl (C=O) groups is 1. The van der Waals surface area contributed by atoms with Crippen LogP contribution in [0, 0.1) is 23.3 Å². The van der Waals surface area contributed by atoms with E-state index in [2.05, 4.69) is 102 Å². The first-order valence-corrected chi connectivity index (χ1v) is 16.0. The van der Waals surface area contributed by atoms with Crippen molar-refractivity contribution in [1.82, 2.24) is 4.98 Å². The molecule has 0 fully saturated rings. The summed E-state index contributed by atoms with van der Waals surface area (Å²) in [5, 5.41) is 11.8. The zero-order valence-corrected chi connectivity index (χ0v) is 31.2. The Morgan fingerprint density at radius 3 is 2.07 bits per heavy atom. The number of allylic oxidation sites excluding steroid dienone is 2. The zero-order chi connectivity index (χ0) is 32.4. The van der Waals surface area contributed by atoms with Gasteiger partial charge in [-0.25, -0.2) is 0 Å². The van der Waals surface area contributed by atoms with Crippen molar-refractivity contribution in [2.75, 3.05) is 0 Å². The number of hydrogen-bond acceptors (Lipinski definition) is 3. The van der Waals surface area contributed by atoms with Gasteiger partial charge in [0.15, 0.2) is 5.78 Å². The molecule has 1 N–H and O–H groups in total. The second-order valence-electron chi connectivity index (χ2n) is 15.4. The predicted octanol–water partition coefficient (Wildman–Crippen LogP) is 11.3. The van der Waals surface area contributed by atoms with Crippen LogP contribution in [0.15, 0.2) is 72.6 Å². The first-order valence-electron chi connectivity index (χ1n) is 16.0. The minimum atomic E-state index is 0. The summed E-state index contributed by atoms with van der Waals surface area (Å²) >= 11 is 0. The van der Waals surface area contributed by atoms with E-state index in [1.54, 1.807) is 0 Å². The van der Waals surface area contributed by atoms with Crippen LogP contribution in [0.1, 0.15) is 93.2 Å². The molecule has 0 unspecified atom stereocenters. The van der Waals surface area contributed by atoms with E-state index >= 15 is 0 Å². The zero-order valence-electron chi connectivity index (χ0n) is 28.8. The molecule has 0 aliphatic heterocycles. The molecule has 1 heterocycles. The van der Waals surface area contributed by atoms with Crippen molar-refractivity contribution in [2.45, 2.75) is 93.9 Å². The molecule has 0 saturated heterocycles. The molecule has 3 nitrogen and oxygen atoms in total. The van der Waals surface area contributed by atoms with Crippen LogP contribution in [0.3, 0.4) is 0 Å². The Morgan fingerprint density at radius 1 is 0.867 bits per heavy atom. The molecule has 5 rings (SSSR count). The van der Waals surface area contributed by atoms with Crippen LogP contribution >= 0.6 is 0 Å². The van der Waals surface area contributed by atoms with Gasteiger partial charge in [-0.3, -0.25) is 4.79 Å². The van der Waals surface area contributed by atoms with Crippen molar-refractivity contribution in [2.24, 2.45) is 17.3 Å². The van der Waals surface area contributed by atoms with Gasteiger partial charge in [-0.15, -0.1) is 29.3 Å². The van der Waals surface area contributed by atoms with Crippen LogP contribution < -0.4 is 0 Å². The number of aliphatic hydroxyl groups excluding tert-OH is 1. The minimum Gasteiger partial charge on any atom is -0.512 e. The summed E-state index contributed by atoms with van der Waals surface area (Å²) in [6.45, 7) is 21.7. The van der Waals surface area contributed by atoms with Crippen molar-refractivity contribution in [1.29, 1.82) is 0 Å². The van der Waals surface area contributed by atoms with E-state index < -0.39 is 0 Å². The summed E-state index contributed by atoms with van der Waals surface area (Å²) in [6.07, 6.45) is 5.46. The maximum Gasteiger partial charge on any atom is 0.159 e. The largest absolute Gasteiger partial charge is 0.512 e. The van der Waals surface area contributed by atoms with Crippen molar-refractivity contribution in [3.8, 4) is 33.5 Å². The fraction of sp³-hybridized carbons (Fsp3) is 0.415. The van der Waals surface area contributed by atoms with Gasteiger partial charge in [-0.2, -0.15) is 0 Å². The minimum absolute atomic E-state index is 0. The van der Waals surface area contributed by atoms with E-state index in [4.69, 9.17) is 4.98 Å². The third-order valence-electron chi connectivity index (χ3n) is 7.76. The first kappa shape index (κ1) is 36.4. The topological polar surface area (TPSA) is 50.2 Å². The number of pyridine rings is 1. The molecule has 1 radical (unpaired) electrons. The van der Waals surface area contributed by atoms with Crippen molar-refractivity contribution < 1.29 is 30.0 Å². The Morgan fingerprint density at radius 2 is 1.49 bits per heavy atom. The first-order chi connectivity index (χ1) is 20.5. The number of fused-ring (bicyclic) bond motifs is 5. The Hall–Kier alpha value is -3.07. The third kappa shape index (κ3) is 9.24. The van der Waals surface area contributed by atoms with Gasteiger partial charge in [0.2, 0.25) is 0 Å². The summed E-state index contributed by atoms with van der Waals surface area (Å²) in [5.41, 5.74) is 10.2. The molecule has 45 heavy (non-hydrogen) atoms. The molecule has 1 aromatic heterocycles. The van der Waals surface area contributed by atoms with Crippen molar-refractivity contribution >= 4 is 16.6 Å². The average molecular weight is 781 g/mol. The molecule has 0 spiro atoms. The molecule has 1 aliphatic rings. The van der Waals surface area contributed by atoms with Crippen LogP contribution in [0.5, 0.6) is 0 Å². The molecule has 0 atom stereocenters. The van der Waals surface area contributed by atoms with Gasteiger partial charge < -0.3 is 10.1 Å². The SMILES string of the molecule is CC(C)(C)Cc1cc2c3c(nccc3c1)-c1[c-]cc(C(C)(C)C)cc1-c1ccccc1-2.CC(C)CC(=O)/C=C(\O)CC(C)C.[Ir]. The number of aromatic nitrogens is 1. The standard InChI is InChI=1S/C30H30N.C11H20O2.Ir/c1-29(2,3)18-19-15-20-13-14-31-28-24-12-11-21(30(4,5)6)17-25(24)22-9-7-8-10-23(22)26(16-19)27(20)28;1-8(2)5-10(12)7-11(13)6-9(3)4;/h7-11,13-17H,18H2,1-6H3;7-9,12H,5-6H2,1-4H3;/q-1;;/b;10-7-;. The summed E-state index contributed by atoms with van der Waals surface area (Å²) < 4.78 is 0. The maximum atomic E-state index is 11.2. The maximum absolute atomic E-state index is 11.2. The van der Waals surface area contributed by atoms with Gasteiger partial charge in [0.05, 0.1) is 5.76 Å². The Balaban J connectivity index is 0.000000338. The molecule has 1 aliphatic carbocycles. The molecule has 0 saturated carbocycles. The average Bonchev–Trinajstić information content (AvgIpc) is 3.01. The number of rotatable bonds is 6. The van der Waals surface area contributed by atoms with Gasteiger partial charge in [-0.05, 0) is 68.3 Å². The van der Waals surface area contributed by atoms with Gasteiger partial charge >= 0.3 is 0 Å². The molecular weight excluding hydrogens is 731 g/mol. The van der Waals surface area contributed by atoms with E-state index in [0.29, 0.717) is 24.7 Å². The number of carbonyl (C=O) groups excluding carboxylic acids is 1. The molecule has 3 aromatic carbocycles. The summed E-state index contributed by atoms with van der Waals surface area (Å²) in [7, 11) is 0. The number of aliphatic hydroxyl groups is 1. The quantitative estimate of drug-likeness (QED) is 0.106. The Kier molecular flexibility index (Phi) is 11.8. The molecule has 4 aromatic rings. The molecule has 4 heteroatoms. The fourth-order valence-corrected chi connectivity index (χ4v) is 5.91. The van der Waals surface area contributed by atoms with Gasteiger partial charge in [0.25, 0.3) is 0 Å². The second kappa shape index (κ2) is 14.6. The number of ketones is 1. The van der Waals surface area contributed by atoms with E-state index in [-0.39, 0.29) is 42.5 Å². The summed E-state index contributed by atoms with van der Waals surface area (Å²) in [6, 6.07) is 23.9. The molecule has 0 amide bonds. The van der Waals surface area contributed by atoms with Crippen LogP contribution in [0.4, 0.5) is 0 Å². The Labute approximate surface area is 284 Å². The van der Waals surface area contributed by atoms with E-state index in [1.807, 2.05) is 33.9 Å². The number of hydrogen-bond donors (Lipinski definition) is 1. The van der Waals surface area contributed by atoms with Crippen LogP contribution in [0.2, 0.25) is 0 Å². The van der Waals surface area contributed by atoms with Gasteiger partial charge in [0.1, 0.15) is 0 Å². The number of nitrogens with zero attached hydrogens (tertiary/aromatic N) is 1. The molecule has 241 valence electrons. The van der Waals surface area contributed by atoms with Crippen LogP contribution in [-0.4, -0.2) is 15.9 Å². The Bertz CT molecular complexity index is 1680. The monoisotopic (exact) mass is 781 g/mol. The van der Waals surface area contributed by atoms with Gasteiger partial charge in [-0.1, -0.05) is 117 Å². The smallest absolute Gasteiger partial charge is 0.159 e. The number of benzene rings is 3. The molecular formula is C41H50IrNO2-. The normalized spacial score (nSPS) is 12.6. The third-order valence-corrected chi connectivity index (χ3v) is 7.76. The van der Waals surface area contributed by atoms with E-state index in [1.165, 1.54) is 50.2 Å². The van der Waals surface area contributed by atoms with E-state index in [0.717, 1.165) is 17.7 Å². The van der Waals surface area contributed by atoms with Crippen LogP contribution in [0.25, 0.3) is 44.3 Å². The predicted molar refractivity (Wildman–Crippen MR) is 187 cm³/mol. The van der Waals surface area contributed by atoms with Crippen LogP contribution in [-0.2, 0) is 36.7 Å². The van der Waals surface area contributed by atoms with E-state index in [9.17, 15) is 9.90 Å². The van der Waals surface area contributed by atoms with Crippen molar-refractivity contribution in [3.63, 3.8) is 0 Å². The van der Waals surface area contributed by atoms with Gasteiger partial charge in [0, 0.05) is 45.2 Å². The molecule has 0 bridgehead atoms. The summed E-state index contributed by atoms with van der Waals surface area (Å²) in [5.74, 6) is 0.979. The van der Waals surface area contributed by atoms with Crippen molar-refractivity contribution in [3.05, 3.63) is 89.8 Å².